The van der Waals surface area contributed by atoms with Gasteiger partial charge in [0.25, 0.3) is 0 Å². The molecule has 0 spiro atoms. The molecule has 2 N–H and O–H groups in total. The van der Waals surface area contributed by atoms with Crippen LogP contribution >= 0.6 is 11.3 Å². The summed E-state index contributed by atoms with van der Waals surface area (Å²) in [7, 11) is 1.36. The van der Waals surface area contributed by atoms with E-state index >= 15 is 0 Å². The second kappa shape index (κ2) is 7.66. The first-order valence-electron chi connectivity index (χ1n) is 10.9. The van der Waals surface area contributed by atoms with Crippen molar-refractivity contribution in [3.63, 3.8) is 0 Å². The van der Waals surface area contributed by atoms with Crippen LogP contribution in [0.3, 0.4) is 0 Å². The summed E-state index contributed by atoms with van der Waals surface area (Å²) >= 11 is 1.46. The molecule has 2 fully saturated rings. The highest BCUT2D eigenvalue weighted by molar-refractivity contribution is 7.17. The smallest absolute Gasteiger partial charge is 0.341 e. The molecule has 0 aromatic carbocycles. The highest BCUT2D eigenvalue weighted by atomic mass is 32.1. The van der Waals surface area contributed by atoms with Crippen molar-refractivity contribution in [2.45, 2.75) is 59.3 Å². The second-order valence-electron chi connectivity index (χ2n) is 10.2. The summed E-state index contributed by atoms with van der Waals surface area (Å²) in [6.45, 7) is 6.71. The Morgan fingerprint density at radius 2 is 1.77 bits per heavy atom. The number of carbonyl (C=O) groups excluding carboxylic acids is 2. The Kier molecular flexibility index (Phi) is 5.45. The lowest BCUT2D eigenvalue weighted by Gasteiger charge is -2.33. The highest BCUT2D eigenvalue weighted by Gasteiger charge is 2.54. The van der Waals surface area contributed by atoms with Gasteiger partial charge in [-0.1, -0.05) is 20.8 Å². The van der Waals surface area contributed by atoms with Gasteiger partial charge in [0.1, 0.15) is 5.00 Å². The predicted molar refractivity (Wildman–Crippen MR) is 115 cm³/mol. The Bertz CT molecular complexity index is 883. The first kappa shape index (κ1) is 21.3. The number of carboxylic acid groups (broad SMARTS) is 1. The summed E-state index contributed by atoms with van der Waals surface area (Å²) in [6.07, 6.45) is 5.28. The zero-order valence-corrected chi connectivity index (χ0v) is 18.9. The predicted octanol–water partition coefficient (Wildman–Crippen LogP) is 4.37. The van der Waals surface area contributed by atoms with Gasteiger partial charge in [0.05, 0.1) is 24.5 Å². The van der Waals surface area contributed by atoms with Gasteiger partial charge >= 0.3 is 11.9 Å². The topological polar surface area (TPSA) is 92.7 Å². The molecule has 5 atom stereocenters. The number of aliphatic carboxylic acids is 1. The molecule has 0 aliphatic heterocycles. The van der Waals surface area contributed by atoms with Gasteiger partial charge in [-0.2, -0.15) is 0 Å². The maximum absolute atomic E-state index is 13.2. The monoisotopic (exact) mass is 433 g/mol. The molecule has 7 heteroatoms. The molecule has 1 aromatic heterocycles. The molecule has 3 aliphatic rings. The van der Waals surface area contributed by atoms with Crippen LogP contribution in [0.2, 0.25) is 0 Å². The van der Waals surface area contributed by atoms with Crippen LogP contribution in [0.4, 0.5) is 5.00 Å². The van der Waals surface area contributed by atoms with Crippen LogP contribution in [0.15, 0.2) is 0 Å². The number of amides is 1. The fourth-order valence-electron chi connectivity index (χ4n) is 5.95. The third kappa shape index (κ3) is 3.55. The number of hydrogen-bond acceptors (Lipinski definition) is 5. The first-order chi connectivity index (χ1) is 14.1. The van der Waals surface area contributed by atoms with Crippen LogP contribution < -0.4 is 5.32 Å². The fraction of sp³-hybridized carbons (Fsp3) is 0.696. The molecule has 2 bridgehead atoms. The van der Waals surface area contributed by atoms with E-state index in [1.165, 1.54) is 18.4 Å². The van der Waals surface area contributed by atoms with E-state index in [9.17, 15) is 19.5 Å². The molecule has 1 aromatic rings. The molecule has 4 rings (SSSR count). The van der Waals surface area contributed by atoms with Gasteiger partial charge in [0.15, 0.2) is 0 Å². The van der Waals surface area contributed by atoms with E-state index in [-0.39, 0.29) is 23.2 Å². The van der Waals surface area contributed by atoms with E-state index in [2.05, 4.69) is 26.1 Å². The van der Waals surface area contributed by atoms with Crippen molar-refractivity contribution in [1.29, 1.82) is 0 Å². The number of thiophene rings is 1. The molecule has 30 heavy (non-hydrogen) atoms. The quantitative estimate of drug-likeness (QED) is 0.688. The minimum absolute atomic E-state index is 0.0902. The minimum atomic E-state index is -0.881. The first-order valence-corrected chi connectivity index (χ1v) is 11.7. The number of carboxylic acids is 1. The number of anilines is 1. The zero-order valence-electron chi connectivity index (χ0n) is 18.1. The van der Waals surface area contributed by atoms with Crippen molar-refractivity contribution < 1.29 is 24.2 Å². The molecular weight excluding hydrogens is 402 g/mol. The SMILES string of the molecule is COC(=O)c1c(NC(=O)[C@@H]2[C@@H]3CC[C@@H](C3)[C@@H]2C(=O)O)sc2c1CC[C@H](C(C)(C)C)C2. The Morgan fingerprint density at radius 1 is 1.10 bits per heavy atom. The molecule has 1 heterocycles. The van der Waals surface area contributed by atoms with Gasteiger partial charge in [0.2, 0.25) is 5.91 Å². The van der Waals surface area contributed by atoms with Crippen LogP contribution in [0.5, 0.6) is 0 Å². The number of rotatable bonds is 4. The average Bonchev–Trinajstić information content (AvgIpc) is 3.38. The second-order valence-corrected chi connectivity index (χ2v) is 11.3. The molecule has 0 radical (unpaired) electrons. The molecule has 2 saturated carbocycles. The van der Waals surface area contributed by atoms with Gasteiger partial charge in [-0.25, -0.2) is 4.79 Å². The van der Waals surface area contributed by atoms with Crippen LogP contribution in [0.25, 0.3) is 0 Å². The van der Waals surface area contributed by atoms with E-state index < -0.39 is 23.8 Å². The van der Waals surface area contributed by atoms with Crippen LogP contribution in [-0.4, -0.2) is 30.1 Å². The molecule has 0 unspecified atom stereocenters. The Balaban J connectivity index is 1.63. The summed E-state index contributed by atoms with van der Waals surface area (Å²) in [5.41, 5.74) is 1.63. The lowest BCUT2D eigenvalue weighted by atomic mass is 9.72. The van der Waals surface area contributed by atoms with Gasteiger partial charge < -0.3 is 15.2 Å². The Morgan fingerprint density at radius 3 is 2.37 bits per heavy atom. The van der Waals surface area contributed by atoms with Gasteiger partial charge in [-0.3, -0.25) is 9.59 Å². The maximum Gasteiger partial charge on any atom is 0.341 e. The molecule has 1 amide bonds. The van der Waals surface area contributed by atoms with Crippen LogP contribution in [0.1, 0.15) is 67.3 Å². The number of fused-ring (bicyclic) bond motifs is 3. The van der Waals surface area contributed by atoms with Crippen molar-refractivity contribution in [2.24, 2.45) is 35.0 Å². The van der Waals surface area contributed by atoms with E-state index in [0.717, 1.165) is 49.0 Å². The van der Waals surface area contributed by atoms with Crippen LogP contribution in [-0.2, 0) is 27.2 Å². The molecule has 3 aliphatic carbocycles. The molecular formula is C23H31NO5S. The summed E-state index contributed by atoms with van der Waals surface area (Å²) in [4.78, 5) is 38.7. The molecule has 0 saturated heterocycles. The van der Waals surface area contributed by atoms with Crippen molar-refractivity contribution in [3.8, 4) is 0 Å². The van der Waals surface area contributed by atoms with Crippen molar-refractivity contribution in [2.75, 3.05) is 12.4 Å². The summed E-state index contributed by atoms with van der Waals surface area (Å²) in [5, 5.41) is 13.2. The normalized spacial score (nSPS) is 30.1. The zero-order chi connectivity index (χ0) is 21.8. The summed E-state index contributed by atoms with van der Waals surface area (Å²) < 4.78 is 5.03. The number of esters is 1. The fourth-order valence-corrected chi connectivity index (χ4v) is 7.27. The number of nitrogens with one attached hydrogen (secondary N) is 1. The maximum atomic E-state index is 13.2. The largest absolute Gasteiger partial charge is 0.481 e. The lowest BCUT2D eigenvalue weighted by Crippen LogP contribution is -2.38. The Labute approximate surface area is 181 Å². The number of methoxy groups -OCH3 is 1. The number of hydrogen-bond donors (Lipinski definition) is 2. The van der Waals surface area contributed by atoms with E-state index in [1.54, 1.807) is 0 Å². The number of ether oxygens (including phenoxy) is 1. The average molecular weight is 434 g/mol. The van der Waals surface area contributed by atoms with E-state index in [1.807, 2.05) is 0 Å². The van der Waals surface area contributed by atoms with Crippen molar-refractivity contribution >= 4 is 34.2 Å². The van der Waals surface area contributed by atoms with Crippen molar-refractivity contribution in [3.05, 3.63) is 16.0 Å². The molecule has 6 nitrogen and oxygen atoms in total. The van der Waals surface area contributed by atoms with Crippen molar-refractivity contribution in [1.82, 2.24) is 0 Å². The number of carbonyl (C=O) groups is 3. The van der Waals surface area contributed by atoms with Crippen LogP contribution in [0, 0.1) is 35.0 Å². The standard InChI is InChI=1S/C23H31NO5S/c1-23(2,3)13-7-8-14-15(10-13)30-20(18(14)22(28)29-4)24-19(25)16-11-5-6-12(9-11)17(16)21(26)27/h11-13,16-17H,5-10H2,1-4H3,(H,24,25)(H,26,27)/t11-,12+,13+,16-,17+/m1/s1. The van der Waals surface area contributed by atoms with Gasteiger partial charge in [0, 0.05) is 4.88 Å². The summed E-state index contributed by atoms with van der Waals surface area (Å²) in [5.74, 6) is -1.98. The third-order valence-electron chi connectivity index (χ3n) is 7.62. The highest BCUT2D eigenvalue weighted by Crippen LogP contribution is 2.53. The lowest BCUT2D eigenvalue weighted by molar-refractivity contribution is -0.148. The van der Waals surface area contributed by atoms with E-state index in [4.69, 9.17) is 4.74 Å². The van der Waals surface area contributed by atoms with E-state index in [0.29, 0.717) is 16.5 Å². The molecule has 164 valence electrons. The van der Waals surface area contributed by atoms with Gasteiger partial charge in [-0.15, -0.1) is 11.3 Å². The summed E-state index contributed by atoms with van der Waals surface area (Å²) in [6, 6.07) is 0. The Hall–Kier alpha value is -1.89. The minimum Gasteiger partial charge on any atom is -0.481 e. The van der Waals surface area contributed by atoms with Gasteiger partial charge in [-0.05, 0) is 67.3 Å². The third-order valence-corrected chi connectivity index (χ3v) is 8.79.